The van der Waals surface area contributed by atoms with E-state index in [0.29, 0.717) is 5.56 Å². The third-order valence-electron chi connectivity index (χ3n) is 6.81. The lowest BCUT2D eigenvalue weighted by molar-refractivity contribution is -0.123. The Balaban J connectivity index is 1.54. The number of carbonyl (C=O) groups excluding carboxylic acids is 2. The highest BCUT2D eigenvalue weighted by Gasteiger charge is 2.29. The van der Waals surface area contributed by atoms with Crippen LogP contribution in [0.4, 0.5) is 5.69 Å². The summed E-state index contributed by atoms with van der Waals surface area (Å²) >= 11 is 0. The maximum absolute atomic E-state index is 13.1. The molecule has 5 nitrogen and oxygen atoms in total. The number of fused-ring (bicyclic) bond motifs is 1. The first-order chi connectivity index (χ1) is 15.8. The van der Waals surface area contributed by atoms with E-state index in [1.54, 1.807) is 30.2 Å². The van der Waals surface area contributed by atoms with Crippen LogP contribution < -0.4 is 15.0 Å². The molecular formula is C28H34N2O3. The van der Waals surface area contributed by atoms with Gasteiger partial charge < -0.3 is 15.0 Å². The van der Waals surface area contributed by atoms with Gasteiger partial charge in [-0.1, -0.05) is 25.3 Å². The molecule has 0 radical (unpaired) electrons. The fourth-order valence-corrected chi connectivity index (χ4v) is 4.97. The molecule has 0 atom stereocenters. The molecule has 2 aromatic carbocycles. The zero-order chi connectivity index (χ0) is 23.6. The number of amides is 1. The van der Waals surface area contributed by atoms with Gasteiger partial charge in [0.15, 0.2) is 5.78 Å². The first kappa shape index (κ1) is 23.1. The number of allylic oxidation sites excluding steroid dienone is 1. The van der Waals surface area contributed by atoms with Crippen molar-refractivity contribution in [1.82, 2.24) is 5.32 Å². The Labute approximate surface area is 196 Å². The number of carbonyl (C=O) groups is 2. The van der Waals surface area contributed by atoms with E-state index in [-0.39, 0.29) is 23.1 Å². The number of ether oxygens (including phenoxy) is 1. The molecule has 174 valence electrons. The van der Waals surface area contributed by atoms with Crippen LogP contribution in [-0.2, 0) is 11.2 Å². The van der Waals surface area contributed by atoms with Crippen molar-refractivity contribution in [3.8, 4) is 5.75 Å². The Hall–Kier alpha value is -3.08. The number of nitrogens with one attached hydrogen (secondary N) is 1. The van der Waals surface area contributed by atoms with Crippen LogP contribution in [0, 0.1) is 5.92 Å². The molecule has 2 aromatic rings. The molecule has 5 heteroatoms. The third kappa shape index (κ3) is 5.13. The van der Waals surface area contributed by atoms with Gasteiger partial charge in [-0.15, -0.1) is 0 Å². The Morgan fingerprint density at radius 3 is 2.42 bits per heavy atom. The minimum absolute atomic E-state index is 0.0724. The van der Waals surface area contributed by atoms with Gasteiger partial charge in [-0.2, -0.15) is 0 Å². The van der Waals surface area contributed by atoms with Crippen LogP contribution in [0.2, 0.25) is 0 Å². The summed E-state index contributed by atoms with van der Waals surface area (Å²) in [5.41, 5.74) is 4.26. The number of nitrogens with zero attached hydrogens (tertiary/aromatic N) is 1. The van der Waals surface area contributed by atoms with E-state index in [4.69, 9.17) is 4.74 Å². The van der Waals surface area contributed by atoms with Crippen LogP contribution in [0.3, 0.4) is 0 Å². The smallest absolute Gasteiger partial charge is 0.229 e. The Morgan fingerprint density at radius 2 is 1.76 bits per heavy atom. The fourth-order valence-electron chi connectivity index (χ4n) is 4.97. The van der Waals surface area contributed by atoms with E-state index in [1.165, 1.54) is 12.0 Å². The van der Waals surface area contributed by atoms with Gasteiger partial charge in [-0.3, -0.25) is 9.59 Å². The van der Waals surface area contributed by atoms with Gasteiger partial charge >= 0.3 is 0 Å². The van der Waals surface area contributed by atoms with Crippen molar-refractivity contribution in [3.63, 3.8) is 0 Å². The Bertz CT molecular complexity index is 1060. The summed E-state index contributed by atoms with van der Waals surface area (Å²) in [6.45, 7) is 4.26. The molecule has 1 amide bonds. The fraction of sp³-hybridized carbons (Fsp3) is 0.429. The number of ketones is 1. The van der Waals surface area contributed by atoms with Crippen molar-refractivity contribution in [2.24, 2.45) is 5.92 Å². The summed E-state index contributed by atoms with van der Waals surface area (Å²) in [6, 6.07) is 13.3. The van der Waals surface area contributed by atoms with E-state index in [0.717, 1.165) is 54.8 Å². The first-order valence-corrected chi connectivity index (χ1v) is 11.9. The number of benzene rings is 2. The zero-order valence-electron chi connectivity index (χ0n) is 20.1. The predicted octanol–water partition coefficient (Wildman–Crippen LogP) is 5.39. The molecule has 2 aliphatic rings. The lowest BCUT2D eigenvalue weighted by atomic mass is 9.85. The van der Waals surface area contributed by atoms with Crippen molar-refractivity contribution < 1.29 is 14.3 Å². The summed E-state index contributed by atoms with van der Waals surface area (Å²) in [4.78, 5) is 27.7. The van der Waals surface area contributed by atoms with Gasteiger partial charge in [0, 0.05) is 47.1 Å². The zero-order valence-corrected chi connectivity index (χ0v) is 20.1. The lowest BCUT2D eigenvalue weighted by Crippen LogP contribution is -2.43. The van der Waals surface area contributed by atoms with E-state index in [9.17, 15) is 9.59 Å². The molecular weight excluding hydrogens is 412 g/mol. The molecule has 0 spiro atoms. The maximum atomic E-state index is 13.1. The van der Waals surface area contributed by atoms with Crippen molar-refractivity contribution in [1.29, 1.82) is 0 Å². The SMILES string of the molecule is COc1ccc2c(c1)C(=CC(=O)c1ccc(N(C)C(=O)C3CCCCC3)cc1)NC(C)(C)C2. The molecule has 0 bridgehead atoms. The molecule has 1 aliphatic heterocycles. The lowest BCUT2D eigenvalue weighted by Gasteiger charge is -2.35. The van der Waals surface area contributed by atoms with Crippen LogP contribution in [0.1, 0.15) is 67.4 Å². The van der Waals surface area contributed by atoms with Crippen molar-refractivity contribution >= 4 is 23.1 Å². The van der Waals surface area contributed by atoms with Crippen molar-refractivity contribution in [2.75, 3.05) is 19.1 Å². The normalized spacial score (nSPS) is 18.8. The van der Waals surface area contributed by atoms with E-state index in [1.807, 2.05) is 31.3 Å². The van der Waals surface area contributed by atoms with Gasteiger partial charge in [-0.25, -0.2) is 0 Å². The number of hydrogen-bond donors (Lipinski definition) is 1. The topological polar surface area (TPSA) is 58.6 Å². The van der Waals surface area contributed by atoms with Crippen LogP contribution in [-0.4, -0.2) is 31.4 Å². The predicted molar refractivity (Wildman–Crippen MR) is 133 cm³/mol. The van der Waals surface area contributed by atoms with Gasteiger partial charge in [0.25, 0.3) is 0 Å². The summed E-state index contributed by atoms with van der Waals surface area (Å²) in [7, 11) is 3.47. The van der Waals surface area contributed by atoms with Gasteiger partial charge in [-0.05, 0) is 75.1 Å². The molecule has 4 rings (SSSR count). The molecule has 0 saturated heterocycles. The highest BCUT2D eigenvalue weighted by atomic mass is 16.5. The molecule has 0 unspecified atom stereocenters. The number of rotatable bonds is 5. The summed E-state index contributed by atoms with van der Waals surface area (Å²) < 4.78 is 5.40. The average molecular weight is 447 g/mol. The van der Waals surface area contributed by atoms with Gasteiger partial charge in [0.05, 0.1) is 7.11 Å². The minimum atomic E-state index is -0.153. The monoisotopic (exact) mass is 446 g/mol. The second kappa shape index (κ2) is 9.42. The largest absolute Gasteiger partial charge is 0.497 e. The number of anilines is 1. The van der Waals surface area contributed by atoms with Crippen LogP contribution in [0.25, 0.3) is 5.70 Å². The highest BCUT2D eigenvalue weighted by molar-refractivity contribution is 6.09. The molecule has 1 heterocycles. The molecule has 33 heavy (non-hydrogen) atoms. The third-order valence-corrected chi connectivity index (χ3v) is 6.81. The maximum Gasteiger partial charge on any atom is 0.229 e. The molecule has 1 fully saturated rings. The summed E-state index contributed by atoms with van der Waals surface area (Å²) in [5.74, 6) is 0.989. The van der Waals surface area contributed by atoms with E-state index < -0.39 is 0 Å². The van der Waals surface area contributed by atoms with Gasteiger partial charge in [0.2, 0.25) is 5.91 Å². The van der Waals surface area contributed by atoms with E-state index in [2.05, 4.69) is 25.2 Å². The van der Waals surface area contributed by atoms with Crippen molar-refractivity contribution in [3.05, 3.63) is 65.2 Å². The van der Waals surface area contributed by atoms with Gasteiger partial charge in [0.1, 0.15) is 5.75 Å². The Morgan fingerprint density at radius 1 is 1.06 bits per heavy atom. The van der Waals surface area contributed by atoms with Crippen molar-refractivity contribution in [2.45, 2.75) is 57.9 Å². The average Bonchev–Trinajstić information content (AvgIpc) is 2.83. The second-order valence-corrected chi connectivity index (χ2v) is 9.91. The first-order valence-electron chi connectivity index (χ1n) is 11.9. The second-order valence-electron chi connectivity index (χ2n) is 9.91. The summed E-state index contributed by atoms with van der Waals surface area (Å²) in [5, 5.41) is 3.51. The van der Waals surface area contributed by atoms with Crippen LogP contribution in [0.15, 0.2) is 48.5 Å². The quantitative estimate of drug-likeness (QED) is 0.494. The standard InChI is InChI=1S/C28H34N2O3/c1-28(2)18-21-12-15-23(33-4)16-24(21)25(29-28)17-26(31)19-10-13-22(14-11-19)30(3)27(32)20-8-6-5-7-9-20/h10-17,20,29H,5-9,18H2,1-4H3. The summed E-state index contributed by atoms with van der Waals surface area (Å²) in [6.07, 6.45) is 7.98. The highest BCUT2D eigenvalue weighted by Crippen LogP contribution is 2.33. The molecule has 1 aliphatic carbocycles. The van der Waals surface area contributed by atoms with Crippen LogP contribution >= 0.6 is 0 Å². The molecule has 1 N–H and O–H groups in total. The molecule has 0 aromatic heterocycles. The minimum Gasteiger partial charge on any atom is -0.497 e. The van der Waals surface area contributed by atoms with E-state index >= 15 is 0 Å². The Kier molecular flexibility index (Phi) is 6.59. The number of hydrogen-bond acceptors (Lipinski definition) is 4. The van der Waals surface area contributed by atoms with Crippen LogP contribution in [0.5, 0.6) is 5.75 Å². The molecule has 1 saturated carbocycles. The number of methoxy groups -OCH3 is 1.